The zero-order chi connectivity index (χ0) is 19.3. The van der Waals surface area contributed by atoms with Gasteiger partial charge in [0.25, 0.3) is 5.91 Å². The number of amides is 2. The SMILES string of the molecule is COc1ccc(CC(N)=O)cc1C(=O)NCc1ccc(C(F)(F)F)cc1. The van der Waals surface area contributed by atoms with Crippen LogP contribution in [-0.4, -0.2) is 18.9 Å². The summed E-state index contributed by atoms with van der Waals surface area (Å²) in [6.45, 7) is 0.0418. The number of rotatable bonds is 6. The Labute approximate surface area is 148 Å². The van der Waals surface area contributed by atoms with Gasteiger partial charge in [0.1, 0.15) is 5.75 Å². The Hall–Kier alpha value is -3.03. The molecule has 0 bridgehead atoms. The topological polar surface area (TPSA) is 81.4 Å². The summed E-state index contributed by atoms with van der Waals surface area (Å²) in [4.78, 5) is 23.4. The van der Waals surface area contributed by atoms with Crippen LogP contribution in [0.5, 0.6) is 5.75 Å². The average molecular weight is 366 g/mol. The van der Waals surface area contributed by atoms with Gasteiger partial charge >= 0.3 is 6.18 Å². The van der Waals surface area contributed by atoms with Crippen LogP contribution >= 0.6 is 0 Å². The first kappa shape index (κ1) is 19.3. The van der Waals surface area contributed by atoms with E-state index in [1.807, 2.05) is 0 Å². The minimum Gasteiger partial charge on any atom is -0.496 e. The molecule has 0 aliphatic carbocycles. The third kappa shape index (κ3) is 4.98. The number of ether oxygens (including phenoxy) is 1. The van der Waals surface area contributed by atoms with Crippen molar-refractivity contribution in [2.45, 2.75) is 19.1 Å². The fourth-order valence-corrected chi connectivity index (χ4v) is 2.33. The van der Waals surface area contributed by atoms with Gasteiger partial charge in [-0.2, -0.15) is 13.2 Å². The lowest BCUT2D eigenvalue weighted by molar-refractivity contribution is -0.137. The number of methoxy groups -OCH3 is 1. The van der Waals surface area contributed by atoms with E-state index >= 15 is 0 Å². The number of carbonyl (C=O) groups is 2. The van der Waals surface area contributed by atoms with Gasteiger partial charge in [0.15, 0.2) is 0 Å². The second kappa shape index (κ2) is 7.90. The first-order valence-electron chi connectivity index (χ1n) is 7.60. The molecular weight excluding hydrogens is 349 g/mol. The van der Waals surface area contributed by atoms with E-state index in [1.54, 1.807) is 12.1 Å². The Kier molecular flexibility index (Phi) is 5.86. The number of hydrogen-bond donors (Lipinski definition) is 2. The van der Waals surface area contributed by atoms with Crippen LogP contribution in [0.3, 0.4) is 0 Å². The van der Waals surface area contributed by atoms with Crippen molar-refractivity contribution in [2.24, 2.45) is 5.73 Å². The molecule has 0 atom stereocenters. The van der Waals surface area contributed by atoms with Crippen LogP contribution in [0.4, 0.5) is 13.2 Å². The van der Waals surface area contributed by atoms with E-state index in [1.165, 1.54) is 25.3 Å². The molecule has 3 N–H and O–H groups in total. The maximum absolute atomic E-state index is 12.6. The van der Waals surface area contributed by atoms with Crippen LogP contribution < -0.4 is 15.8 Å². The highest BCUT2D eigenvalue weighted by Gasteiger charge is 2.29. The predicted molar refractivity (Wildman–Crippen MR) is 88.5 cm³/mol. The fourth-order valence-electron chi connectivity index (χ4n) is 2.33. The van der Waals surface area contributed by atoms with Crippen molar-refractivity contribution in [3.05, 3.63) is 64.7 Å². The standard InChI is InChI=1S/C18H17F3N2O3/c1-26-15-7-4-12(9-16(22)24)8-14(15)17(25)23-10-11-2-5-13(6-3-11)18(19,20)21/h2-8H,9-10H2,1H3,(H2,22,24)(H,23,25). The van der Waals surface area contributed by atoms with Crippen molar-refractivity contribution in [2.75, 3.05) is 7.11 Å². The summed E-state index contributed by atoms with van der Waals surface area (Å²) in [5, 5.41) is 2.61. The Balaban J connectivity index is 2.10. The van der Waals surface area contributed by atoms with Crippen LogP contribution in [0, 0.1) is 0 Å². The number of carbonyl (C=O) groups excluding carboxylic acids is 2. The normalized spacial score (nSPS) is 11.1. The smallest absolute Gasteiger partial charge is 0.416 e. The van der Waals surface area contributed by atoms with Gasteiger partial charge < -0.3 is 15.8 Å². The van der Waals surface area contributed by atoms with Crippen LogP contribution in [0.2, 0.25) is 0 Å². The van der Waals surface area contributed by atoms with E-state index in [9.17, 15) is 22.8 Å². The van der Waals surface area contributed by atoms with Crippen LogP contribution in [0.15, 0.2) is 42.5 Å². The van der Waals surface area contributed by atoms with Crippen LogP contribution in [0.25, 0.3) is 0 Å². The summed E-state index contributed by atoms with van der Waals surface area (Å²) < 4.78 is 42.8. The molecule has 2 amide bonds. The van der Waals surface area contributed by atoms with E-state index in [0.29, 0.717) is 16.9 Å². The highest BCUT2D eigenvalue weighted by molar-refractivity contribution is 5.97. The van der Waals surface area contributed by atoms with E-state index in [0.717, 1.165) is 12.1 Å². The Morgan fingerprint density at radius 1 is 1.08 bits per heavy atom. The van der Waals surface area contributed by atoms with Gasteiger partial charge in [-0.25, -0.2) is 0 Å². The summed E-state index contributed by atoms with van der Waals surface area (Å²) in [6.07, 6.45) is -4.43. The molecule has 0 radical (unpaired) electrons. The maximum Gasteiger partial charge on any atom is 0.416 e. The van der Waals surface area contributed by atoms with Gasteiger partial charge in [0.2, 0.25) is 5.91 Å². The average Bonchev–Trinajstić information content (AvgIpc) is 2.58. The molecule has 8 heteroatoms. The molecule has 0 saturated heterocycles. The molecule has 0 aliphatic heterocycles. The third-order valence-corrected chi connectivity index (χ3v) is 3.62. The van der Waals surface area contributed by atoms with Gasteiger partial charge in [0, 0.05) is 6.54 Å². The van der Waals surface area contributed by atoms with E-state index in [2.05, 4.69) is 5.32 Å². The number of hydrogen-bond acceptors (Lipinski definition) is 3. The molecule has 2 rings (SSSR count). The number of alkyl halides is 3. The van der Waals surface area contributed by atoms with Crippen LogP contribution in [-0.2, 0) is 23.9 Å². The Bertz CT molecular complexity index is 802. The number of primary amides is 1. The lowest BCUT2D eigenvalue weighted by Gasteiger charge is -2.12. The fraction of sp³-hybridized carbons (Fsp3) is 0.222. The quantitative estimate of drug-likeness (QED) is 0.825. The van der Waals surface area contributed by atoms with E-state index in [4.69, 9.17) is 10.5 Å². The van der Waals surface area contributed by atoms with Gasteiger partial charge in [-0.05, 0) is 35.4 Å². The molecule has 2 aromatic carbocycles. The van der Waals surface area contributed by atoms with E-state index in [-0.39, 0.29) is 18.5 Å². The summed E-state index contributed by atoms with van der Waals surface area (Å²) >= 11 is 0. The molecule has 138 valence electrons. The van der Waals surface area contributed by atoms with Crippen molar-refractivity contribution in [3.8, 4) is 5.75 Å². The molecule has 2 aromatic rings. The molecule has 5 nitrogen and oxygen atoms in total. The minimum atomic E-state index is -4.41. The summed E-state index contributed by atoms with van der Waals surface area (Å²) in [7, 11) is 1.40. The minimum absolute atomic E-state index is 0.0246. The summed E-state index contributed by atoms with van der Waals surface area (Å²) in [6, 6.07) is 9.16. The summed E-state index contributed by atoms with van der Waals surface area (Å²) in [5.41, 5.74) is 5.66. The lowest BCUT2D eigenvalue weighted by atomic mass is 10.1. The highest BCUT2D eigenvalue weighted by atomic mass is 19.4. The van der Waals surface area contributed by atoms with E-state index < -0.39 is 23.6 Å². The maximum atomic E-state index is 12.6. The van der Waals surface area contributed by atoms with Crippen molar-refractivity contribution in [1.29, 1.82) is 0 Å². The molecule has 26 heavy (non-hydrogen) atoms. The zero-order valence-corrected chi connectivity index (χ0v) is 13.9. The number of nitrogens with one attached hydrogen (secondary N) is 1. The van der Waals surface area contributed by atoms with Gasteiger partial charge in [-0.3, -0.25) is 9.59 Å². The Morgan fingerprint density at radius 2 is 1.69 bits per heavy atom. The monoisotopic (exact) mass is 366 g/mol. The van der Waals surface area contributed by atoms with Crippen molar-refractivity contribution in [3.63, 3.8) is 0 Å². The first-order valence-corrected chi connectivity index (χ1v) is 7.60. The molecule has 0 fully saturated rings. The summed E-state index contributed by atoms with van der Waals surface area (Å²) in [5.74, 6) is -0.706. The molecule has 0 spiro atoms. The Morgan fingerprint density at radius 3 is 2.23 bits per heavy atom. The largest absolute Gasteiger partial charge is 0.496 e. The molecule has 0 aromatic heterocycles. The number of benzene rings is 2. The first-order chi connectivity index (χ1) is 12.2. The highest BCUT2D eigenvalue weighted by Crippen LogP contribution is 2.29. The van der Waals surface area contributed by atoms with Gasteiger partial charge in [0.05, 0.1) is 24.7 Å². The van der Waals surface area contributed by atoms with Crippen LogP contribution in [0.1, 0.15) is 27.0 Å². The molecule has 0 heterocycles. The van der Waals surface area contributed by atoms with Crippen molar-refractivity contribution in [1.82, 2.24) is 5.32 Å². The second-order valence-corrected chi connectivity index (χ2v) is 5.56. The second-order valence-electron chi connectivity index (χ2n) is 5.56. The molecular formula is C18H17F3N2O3. The number of nitrogens with two attached hydrogens (primary N) is 1. The third-order valence-electron chi connectivity index (χ3n) is 3.62. The van der Waals surface area contributed by atoms with Gasteiger partial charge in [-0.15, -0.1) is 0 Å². The van der Waals surface area contributed by atoms with Crippen molar-refractivity contribution >= 4 is 11.8 Å². The number of halogens is 3. The lowest BCUT2D eigenvalue weighted by Crippen LogP contribution is -2.24. The predicted octanol–water partition coefficient (Wildman–Crippen LogP) is 2.67. The molecule has 0 saturated carbocycles. The van der Waals surface area contributed by atoms with Gasteiger partial charge in [-0.1, -0.05) is 18.2 Å². The zero-order valence-electron chi connectivity index (χ0n) is 13.9. The molecule has 0 aliphatic rings. The van der Waals surface area contributed by atoms with Crippen molar-refractivity contribution < 1.29 is 27.5 Å². The molecule has 0 unspecified atom stereocenters.